The molecule has 1 amide bonds. The highest BCUT2D eigenvalue weighted by Crippen LogP contribution is 2.39. The third-order valence-corrected chi connectivity index (χ3v) is 9.52. The minimum atomic E-state index is -3.07. The summed E-state index contributed by atoms with van der Waals surface area (Å²) in [4.78, 5) is 17.4. The van der Waals surface area contributed by atoms with Crippen LogP contribution in [0.4, 0.5) is 14.6 Å². The van der Waals surface area contributed by atoms with Crippen LogP contribution in [-0.4, -0.2) is 59.8 Å². The highest BCUT2D eigenvalue weighted by Gasteiger charge is 2.30. The number of halogens is 3. The molecule has 39 heavy (non-hydrogen) atoms. The first kappa shape index (κ1) is 29.5. The monoisotopic (exact) mass is 587 g/mol. The Labute approximate surface area is 233 Å². The molecule has 4 rings (SSSR count). The summed E-state index contributed by atoms with van der Waals surface area (Å²) in [5.41, 5.74) is 0.438. The Morgan fingerprint density at radius 3 is 2.46 bits per heavy atom. The average molecular weight is 588 g/mol. The van der Waals surface area contributed by atoms with Crippen LogP contribution in [0.1, 0.15) is 69.3 Å². The summed E-state index contributed by atoms with van der Waals surface area (Å²) < 4.78 is 56.6. The van der Waals surface area contributed by atoms with Gasteiger partial charge in [0.05, 0.1) is 21.5 Å². The lowest BCUT2D eigenvalue weighted by molar-refractivity contribution is -0.0494. The number of nitrogens with one attached hydrogen (secondary N) is 2. The van der Waals surface area contributed by atoms with Crippen LogP contribution in [0, 0.1) is 11.8 Å². The predicted molar refractivity (Wildman–Crippen MR) is 146 cm³/mol. The first-order valence-corrected chi connectivity index (χ1v) is 15.7. The number of nitrogens with zero attached hydrogens (tertiary/aromatic N) is 3. The fourth-order valence-corrected chi connectivity index (χ4v) is 6.66. The van der Waals surface area contributed by atoms with Gasteiger partial charge in [-0.3, -0.25) is 9.48 Å². The van der Waals surface area contributed by atoms with E-state index in [0.29, 0.717) is 50.5 Å². The van der Waals surface area contributed by atoms with Crippen molar-refractivity contribution in [1.82, 2.24) is 20.1 Å². The van der Waals surface area contributed by atoms with Gasteiger partial charge in [-0.15, -0.1) is 0 Å². The first-order chi connectivity index (χ1) is 18.5. The molecule has 0 bridgehead atoms. The molecular formula is C26H36ClF2N5O4S. The number of aromatic nitrogens is 3. The molecule has 0 spiro atoms. The minimum Gasteiger partial charge on any atom is -0.434 e. The van der Waals surface area contributed by atoms with Crippen molar-refractivity contribution in [3.63, 3.8) is 0 Å². The molecule has 1 atom stereocenters. The van der Waals surface area contributed by atoms with Crippen molar-refractivity contribution in [3.05, 3.63) is 23.0 Å². The summed E-state index contributed by atoms with van der Waals surface area (Å²) in [6.07, 6.45) is 8.57. The molecule has 2 saturated carbocycles. The van der Waals surface area contributed by atoms with Gasteiger partial charge >= 0.3 is 6.61 Å². The summed E-state index contributed by atoms with van der Waals surface area (Å²) in [5, 5.41) is 10.1. The van der Waals surface area contributed by atoms with Gasteiger partial charge in [0.2, 0.25) is 0 Å². The topological polar surface area (TPSA) is 115 Å². The van der Waals surface area contributed by atoms with Crippen LogP contribution in [0.25, 0.3) is 11.3 Å². The molecule has 2 fully saturated rings. The number of rotatable bonds is 12. The summed E-state index contributed by atoms with van der Waals surface area (Å²) in [7, 11) is -3.07. The zero-order valence-electron chi connectivity index (χ0n) is 22.4. The number of carbonyl (C=O) groups excluding carboxylic acids is 1. The van der Waals surface area contributed by atoms with Gasteiger partial charge in [-0.05, 0) is 57.8 Å². The van der Waals surface area contributed by atoms with Gasteiger partial charge in [-0.25, -0.2) is 13.4 Å². The molecule has 0 aromatic carbocycles. The van der Waals surface area contributed by atoms with Crippen LogP contribution in [0.3, 0.4) is 0 Å². The maximum atomic E-state index is 13.4. The molecule has 2 N–H and O–H groups in total. The van der Waals surface area contributed by atoms with Crippen LogP contribution in [0.15, 0.2) is 12.3 Å². The highest BCUT2D eigenvalue weighted by molar-refractivity contribution is 7.91. The van der Waals surface area contributed by atoms with Crippen LogP contribution in [-0.2, 0) is 16.4 Å². The molecule has 13 heteroatoms. The van der Waals surface area contributed by atoms with Gasteiger partial charge in [-0.1, -0.05) is 24.4 Å². The second-order valence-corrected chi connectivity index (χ2v) is 13.4. The van der Waals surface area contributed by atoms with Crippen LogP contribution < -0.4 is 15.4 Å². The second kappa shape index (κ2) is 12.4. The number of pyridine rings is 1. The van der Waals surface area contributed by atoms with E-state index in [4.69, 9.17) is 16.3 Å². The first-order valence-electron chi connectivity index (χ1n) is 13.4. The standard InChI is InChI=1S/C26H36ClF2N5O4S/c1-4-34-24(19-14-30-21(12-20(19)38-26(28)29)32-15(2)11-16-5-6-16)22(27)23(33-34)25(35)31-13-17-7-9-18(10-8-17)39(3,36)37/h12,14-18,26H,4-11,13H2,1-3H3,(H,30,32)(H,31,35)/t15-,17?,18?/m0/s1. The summed E-state index contributed by atoms with van der Waals surface area (Å²) in [6, 6.07) is 1.54. The van der Waals surface area contributed by atoms with E-state index < -0.39 is 22.4 Å². The Hall–Kier alpha value is -2.47. The lowest BCUT2D eigenvalue weighted by Gasteiger charge is -2.27. The lowest BCUT2D eigenvalue weighted by atomic mass is 9.89. The number of anilines is 1. The zero-order valence-corrected chi connectivity index (χ0v) is 24.0. The van der Waals surface area contributed by atoms with E-state index in [1.807, 2.05) is 6.92 Å². The molecule has 0 aliphatic heterocycles. The zero-order chi connectivity index (χ0) is 28.3. The van der Waals surface area contributed by atoms with Crippen LogP contribution in [0.2, 0.25) is 5.02 Å². The Kier molecular flexibility index (Phi) is 9.36. The number of sulfone groups is 1. The van der Waals surface area contributed by atoms with E-state index in [0.717, 1.165) is 6.42 Å². The SMILES string of the molecule is CCn1nc(C(=O)NCC2CCC(S(C)(=O)=O)CC2)c(Cl)c1-c1cnc(N[C@@H](C)CC2CC2)cc1OC(F)F. The number of hydrogen-bond donors (Lipinski definition) is 2. The van der Waals surface area contributed by atoms with Crippen molar-refractivity contribution in [2.45, 2.75) is 83.2 Å². The largest absolute Gasteiger partial charge is 0.434 e. The third kappa shape index (κ3) is 7.59. The van der Waals surface area contributed by atoms with Crippen molar-refractivity contribution < 1.29 is 26.7 Å². The van der Waals surface area contributed by atoms with Gasteiger partial charge in [0.15, 0.2) is 5.69 Å². The summed E-state index contributed by atoms with van der Waals surface area (Å²) in [5.74, 6) is 0.636. The van der Waals surface area contributed by atoms with Gasteiger partial charge in [-0.2, -0.15) is 13.9 Å². The molecule has 2 aliphatic carbocycles. The molecule has 0 radical (unpaired) electrons. The van der Waals surface area contributed by atoms with Crippen molar-refractivity contribution in [2.75, 3.05) is 18.1 Å². The van der Waals surface area contributed by atoms with E-state index in [9.17, 15) is 22.0 Å². The fourth-order valence-electron chi connectivity index (χ4n) is 5.21. The molecule has 2 aromatic rings. The van der Waals surface area contributed by atoms with Gasteiger partial charge in [0.1, 0.15) is 21.4 Å². The highest BCUT2D eigenvalue weighted by atomic mass is 35.5. The van der Waals surface area contributed by atoms with Crippen molar-refractivity contribution in [2.24, 2.45) is 11.8 Å². The van der Waals surface area contributed by atoms with Crippen molar-refractivity contribution >= 4 is 33.2 Å². The number of hydrogen-bond acceptors (Lipinski definition) is 7. The quantitative estimate of drug-likeness (QED) is 0.353. The maximum Gasteiger partial charge on any atom is 0.387 e. The molecule has 2 aromatic heterocycles. The second-order valence-electron chi connectivity index (χ2n) is 10.7. The number of amides is 1. The number of ether oxygens (including phenoxy) is 1. The minimum absolute atomic E-state index is 0.0128. The number of carbonyl (C=O) groups is 1. The Balaban J connectivity index is 1.51. The number of alkyl halides is 2. The molecule has 2 heterocycles. The maximum absolute atomic E-state index is 13.4. The van der Waals surface area contributed by atoms with Crippen molar-refractivity contribution in [3.8, 4) is 17.0 Å². The molecule has 2 aliphatic rings. The fraction of sp³-hybridized carbons (Fsp3) is 0.654. The molecule has 0 unspecified atom stereocenters. The Morgan fingerprint density at radius 1 is 1.21 bits per heavy atom. The van der Waals surface area contributed by atoms with Crippen LogP contribution >= 0.6 is 11.6 Å². The molecule has 0 saturated heterocycles. The lowest BCUT2D eigenvalue weighted by Crippen LogP contribution is -2.34. The number of aryl methyl sites for hydroxylation is 1. The summed E-state index contributed by atoms with van der Waals surface area (Å²) in [6.45, 7) is 1.43. The molecule has 9 nitrogen and oxygen atoms in total. The van der Waals surface area contributed by atoms with Crippen molar-refractivity contribution in [1.29, 1.82) is 0 Å². The van der Waals surface area contributed by atoms with Gasteiger partial charge in [0, 0.05) is 37.7 Å². The Bertz CT molecular complexity index is 1280. The van der Waals surface area contributed by atoms with Crippen LogP contribution in [0.5, 0.6) is 5.75 Å². The normalized spacial score (nSPS) is 20.6. The Morgan fingerprint density at radius 2 is 1.87 bits per heavy atom. The van der Waals surface area contributed by atoms with Gasteiger partial charge < -0.3 is 15.4 Å². The van der Waals surface area contributed by atoms with E-state index in [1.54, 1.807) is 6.92 Å². The predicted octanol–water partition coefficient (Wildman–Crippen LogP) is 5.15. The van der Waals surface area contributed by atoms with Gasteiger partial charge in [0.25, 0.3) is 5.91 Å². The third-order valence-electron chi connectivity index (χ3n) is 7.48. The van der Waals surface area contributed by atoms with E-state index in [2.05, 4.69) is 20.7 Å². The smallest absolute Gasteiger partial charge is 0.387 e. The van der Waals surface area contributed by atoms with E-state index in [-0.39, 0.29) is 44.9 Å². The van der Waals surface area contributed by atoms with E-state index in [1.165, 1.54) is 36.0 Å². The summed E-state index contributed by atoms with van der Waals surface area (Å²) >= 11 is 6.63. The van der Waals surface area contributed by atoms with E-state index >= 15 is 0 Å². The molecule has 216 valence electrons. The average Bonchev–Trinajstić information content (AvgIpc) is 3.62. The molecular weight excluding hydrogens is 552 g/mol.